The smallest absolute Gasteiger partial charge is 0.127 e. The Balaban J connectivity index is 2.30. The van der Waals surface area contributed by atoms with Gasteiger partial charge in [-0.05, 0) is 18.9 Å². The van der Waals surface area contributed by atoms with Crippen LogP contribution in [0.25, 0.3) is 4.91 Å². The van der Waals surface area contributed by atoms with Crippen molar-refractivity contribution in [3.8, 4) is 5.75 Å². The Labute approximate surface area is 102 Å². The number of hydrogen-bond acceptors (Lipinski definition) is 2. The van der Waals surface area contributed by atoms with E-state index in [2.05, 4.69) is 32.1 Å². The first-order valence-corrected chi connectivity index (χ1v) is 6.71. The zero-order valence-electron chi connectivity index (χ0n) is 10.1. The normalized spacial score (nSPS) is 24.3. The molecule has 86 valence electrons. The minimum absolute atomic E-state index is 0.648. The van der Waals surface area contributed by atoms with Gasteiger partial charge in [-0.25, -0.2) is 0 Å². The molecule has 1 heterocycles. The first kappa shape index (κ1) is 11.6. The third-order valence-electron chi connectivity index (χ3n) is 2.92. The van der Waals surface area contributed by atoms with Crippen LogP contribution in [0.5, 0.6) is 5.75 Å². The van der Waals surface area contributed by atoms with Gasteiger partial charge >= 0.3 is 0 Å². The lowest BCUT2D eigenvalue weighted by atomic mass is 10.1. The van der Waals surface area contributed by atoms with Gasteiger partial charge in [-0.3, -0.25) is 0 Å². The van der Waals surface area contributed by atoms with E-state index in [-0.39, 0.29) is 0 Å². The van der Waals surface area contributed by atoms with Gasteiger partial charge in [0.1, 0.15) is 5.75 Å². The average Bonchev–Trinajstić information content (AvgIpc) is 2.60. The van der Waals surface area contributed by atoms with Crippen LogP contribution in [0.4, 0.5) is 0 Å². The van der Waals surface area contributed by atoms with Gasteiger partial charge in [0.05, 0.1) is 6.61 Å². The number of ether oxygens (including phenoxy) is 1. The molecule has 1 aliphatic heterocycles. The minimum atomic E-state index is 0.648. The van der Waals surface area contributed by atoms with Crippen LogP contribution >= 0.6 is 11.8 Å². The van der Waals surface area contributed by atoms with E-state index in [1.54, 1.807) is 0 Å². The van der Waals surface area contributed by atoms with Crippen molar-refractivity contribution in [2.45, 2.75) is 26.0 Å². The van der Waals surface area contributed by atoms with Gasteiger partial charge in [-0.1, -0.05) is 38.1 Å². The van der Waals surface area contributed by atoms with Crippen molar-refractivity contribution < 1.29 is 4.74 Å². The molecule has 1 aliphatic rings. The lowest BCUT2D eigenvalue weighted by Crippen LogP contribution is -2.00. The highest BCUT2D eigenvalue weighted by Gasteiger charge is 2.23. The highest BCUT2D eigenvalue weighted by molar-refractivity contribution is 8.09. The van der Waals surface area contributed by atoms with E-state index in [4.69, 9.17) is 4.74 Å². The second-order valence-corrected chi connectivity index (χ2v) is 5.56. The number of para-hydroxylation sites is 1. The van der Waals surface area contributed by atoms with Crippen molar-refractivity contribution in [3.05, 3.63) is 35.9 Å². The van der Waals surface area contributed by atoms with E-state index >= 15 is 0 Å². The van der Waals surface area contributed by atoms with Gasteiger partial charge in [0.25, 0.3) is 0 Å². The first-order chi connectivity index (χ1) is 7.72. The summed E-state index contributed by atoms with van der Waals surface area (Å²) in [6.07, 6.45) is 2.35. The van der Waals surface area contributed by atoms with Gasteiger partial charge in [0.15, 0.2) is 0 Å². The van der Waals surface area contributed by atoms with Crippen molar-refractivity contribution in [3.63, 3.8) is 0 Å². The average molecular weight is 234 g/mol. The zero-order valence-corrected chi connectivity index (χ0v) is 10.9. The Morgan fingerprint density at radius 1 is 1.25 bits per heavy atom. The quantitative estimate of drug-likeness (QED) is 0.775. The van der Waals surface area contributed by atoms with Crippen LogP contribution in [-0.2, 0) is 0 Å². The van der Waals surface area contributed by atoms with Crippen LogP contribution in [0.1, 0.15) is 26.3 Å². The predicted molar refractivity (Wildman–Crippen MR) is 71.8 cm³/mol. The van der Waals surface area contributed by atoms with Crippen molar-refractivity contribution >= 4 is 16.7 Å². The predicted octanol–water partition coefficient (Wildman–Crippen LogP) is 4.20. The van der Waals surface area contributed by atoms with Gasteiger partial charge in [-0.2, -0.15) is 0 Å². The first-order valence-electron chi connectivity index (χ1n) is 5.83. The molecule has 1 aromatic rings. The number of benzene rings is 1. The van der Waals surface area contributed by atoms with E-state index in [1.165, 1.54) is 10.5 Å². The number of hydrogen-bond donors (Lipinski definition) is 0. The highest BCUT2D eigenvalue weighted by atomic mass is 32.2. The molecule has 2 unspecified atom stereocenters. The van der Waals surface area contributed by atoms with Gasteiger partial charge in [0, 0.05) is 15.7 Å². The molecular formula is C14H18OS. The van der Waals surface area contributed by atoms with Crippen LogP contribution in [0.3, 0.4) is 0 Å². The van der Waals surface area contributed by atoms with Crippen LogP contribution in [0.15, 0.2) is 30.3 Å². The fourth-order valence-corrected chi connectivity index (χ4v) is 3.11. The monoisotopic (exact) mass is 234 g/mol. The fourth-order valence-electron chi connectivity index (χ4n) is 1.83. The van der Waals surface area contributed by atoms with Crippen LogP contribution in [0, 0.1) is 5.92 Å². The summed E-state index contributed by atoms with van der Waals surface area (Å²) < 4.78 is 5.67. The Morgan fingerprint density at radius 2 is 2.00 bits per heavy atom. The summed E-state index contributed by atoms with van der Waals surface area (Å²) >= 11 is 1.95. The van der Waals surface area contributed by atoms with E-state index in [1.807, 2.05) is 30.8 Å². The molecule has 0 bridgehead atoms. The van der Waals surface area contributed by atoms with Crippen molar-refractivity contribution in [2.75, 3.05) is 6.61 Å². The Hall–Kier alpha value is -0.890. The molecular weight excluding hydrogens is 216 g/mol. The topological polar surface area (TPSA) is 9.23 Å². The maximum absolute atomic E-state index is 5.67. The summed E-state index contributed by atoms with van der Waals surface area (Å²) in [5.41, 5.74) is 1.24. The molecule has 16 heavy (non-hydrogen) atoms. The summed E-state index contributed by atoms with van der Waals surface area (Å²) in [5, 5.41) is 0.671. The molecule has 2 rings (SSSR count). The number of rotatable bonds is 3. The highest BCUT2D eigenvalue weighted by Crippen LogP contribution is 2.44. The molecule has 2 heteroatoms. The maximum Gasteiger partial charge on any atom is 0.127 e. The molecule has 0 spiro atoms. The molecule has 0 amide bonds. The molecule has 0 radical (unpaired) electrons. The fraction of sp³-hybridized carbons (Fsp3) is 0.429. The number of thioether (sulfide) groups is 1. The van der Waals surface area contributed by atoms with Crippen LogP contribution in [0.2, 0.25) is 0 Å². The summed E-state index contributed by atoms with van der Waals surface area (Å²) in [6.45, 7) is 7.30. The second kappa shape index (κ2) is 4.96. The molecule has 2 atom stereocenters. The van der Waals surface area contributed by atoms with Crippen molar-refractivity contribution in [1.82, 2.24) is 0 Å². The summed E-state index contributed by atoms with van der Waals surface area (Å²) in [7, 11) is 0. The molecule has 0 saturated heterocycles. The van der Waals surface area contributed by atoms with Gasteiger partial charge in [-0.15, -0.1) is 11.8 Å². The Morgan fingerprint density at radius 3 is 2.62 bits per heavy atom. The minimum Gasteiger partial charge on any atom is -0.493 e. The summed E-state index contributed by atoms with van der Waals surface area (Å²) in [4.78, 5) is 1.36. The molecule has 0 aliphatic carbocycles. The third-order valence-corrected chi connectivity index (χ3v) is 4.33. The second-order valence-electron chi connectivity index (χ2n) is 4.14. The van der Waals surface area contributed by atoms with Gasteiger partial charge in [0.2, 0.25) is 0 Å². The maximum atomic E-state index is 5.67. The Bertz CT molecular complexity index is 397. The lowest BCUT2D eigenvalue weighted by molar-refractivity contribution is 0.339. The molecule has 0 aromatic heterocycles. The van der Waals surface area contributed by atoms with Gasteiger partial charge < -0.3 is 4.74 Å². The SMILES string of the molecule is CCOc1ccccc1C1=CC(C)C(C)S1. The molecule has 1 aromatic carbocycles. The standard InChI is InChI=1S/C14H18OS/c1-4-15-13-8-6-5-7-12(13)14-9-10(2)11(3)16-14/h5-11H,4H2,1-3H3. The summed E-state index contributed by atoms with van der Waals surface area (Å²) in [5.74, 6) is 1.65. The van der Waals surface area contributed by atoms with Crippen LogP contribution < -0.4 is 4.74 Å². The summed E-state index contributed by atoms with van der Waals surface area (Å²) in [6, 6.07) is 8.30. The number of allylic oxidation sites excluding steroid dienone is 1. The van der Waals surface area contributed by atoms with Crippen LogP contribution in [-0.4, -0.2) is 11.9 Å². The molecule has 0 saturated carbocycles. The Kier molecular flexibility index (Phi) is 3.59. The van der Waals surface area contributed by atoms with E-state index in [9.17, 15) is 0 Å². The van der Waals surface area contributed by atoms with E-state index in [0.29, 0.717) is 11.2 Å². The molecule has 0 fully saturated rings. The van der Waals surface area contributed by atoms with E-state index in [0.717, 1.165) is 12.4 Å². The largest absolute Gasteiger partial charge is 0.493 e. The zero-order chi connectivity index (χ0) is 11.5. The van der Waals surface area contributed by atoms with Crippen molar-refractivity contribution in [2.24, 2.45) is 5.92 Å². The third kappa shape index (κ3) is 2.27. The van der Waals surface area contributed by atoms with E-state index < -0.39 is 0 Å². The molecule has 1 nitrogen and oxygen atoms in total. The molecule has 0 N–H and O–H groups in total. The van der Waals surface area contributed by atoms with Crippen molar-refractivity contribution in [1.29, 1.82) is 0 Å². The lowest BCUT2D eigenvalue weighted by Gasteiger charge is -2.11.